The second kappa shape index (κ2) is 11.0. The van der Waals surface area contributed by atoms with Crippen LogP contribution in [0.1, 0.15) is 20.7 Å². The molecule has 5 rings (SSSR count). The summed E-state index contributed by atoms with van der Waals surface area (Å²) in [6, 6.07) is 19.4. The number of rotatable bonds is 9. The van der Waals surface area contributed by atoms with Crippen molar-refractivity contribution >= 4 is 34.1 Å². The molecule has 0 bridgehead atoms. The van der Waals surface area contributed by atoms with Gasteiger partial charge >= 0.3 is 6.01 Å². The van der Waals surface area contributed by atoms with Crippen LogP contribution in [0.5, 0.6) is 23.4 Å². The van der Waals surface area contributed by atoms with E-state index in [4.69, 9.17) is 25.7 Å². The number of hydrogen-bond acceptors (Lipinski definition) is 9. The van der Waals surface area contributed by atoms with Gasteiger partial charge in [0.15, 0.2) is 0 Å². The fourth-order valence-electron chi connectivity index (χ4n) is 4.12. The van der Waals surface area contributed by atoms with E-state index in [-0.39, 0.29) is 11.6 Å². The van der Waals surface area contributed by atoms with E-state index in [0.29, 0.717) is 50.8 Å². The van der Waals surface area contributed by atoms with Crippen molar-refractivity contribution in [3.8, 4) is 34.5 Å². The summed E-state index contributed by atoms with van der Waals surface area (Å²) < 4.78 is 16.4. The van der Waals surface area contributed by atoms with Crippen LogP contribution in [-0.4, -0.2) is 41.0 Å². The molecule has 200 valence electrons. The molecule has 0 atom stereocenters. The van der Waals surface area contributed by atoms with E-state index < -0.39 is 11.8 Å². The van der Waals surface area contributed by atoms with E-state index in [9.17, 15) is 9.59 Å². The van der Waals surface area contributed by atoms with Crippen molar-refractivity contribution in [2.45, 2.75) is 0 Å². The van der Waals surface area contributed by atoms with E-state index in [1.54, 1.807) is 48.7 Å². The molecule has 0 fully saturated rings. The van der Waals surface area contributed by atoms with Gasteiger partial charge in [-0.2, -0.15) is 4.98 Å². The number of fused-ring (bicyclic) bond motifs is 1. The summed E-state index contributed by atoms with van der Waals surface area (Å²) in [5, 5.41) is 3.95. The molecule has 0 aliphatic heterocycles. The average molecular weight is 537 g/mol. The van der Waals surface area contributed by atoms with Crippen LogP contribution in [0.15, 0.2) is 79.1 Å². The van der Waals surface area contributed by atoms with Crippen molar-refractivity contribution in [3.63, 3.8) is 0 Å². The predicted molar refractivity (Wildman–Crippen MR) is 149 cm³/mol. The van der Waals surface area contributed by atoms with Gasteiger partial charge in [0.1, 0.15) is 11.5 Å². The molecular weight excluding hydrogens is 512 g/mol. The molecule has 3 aromatic carbocycles. The second-order valence-corrected chi connectivity index (χ2v) is 8.57. The predicted octanol–water partition coefficient (Wildman–Crippen LogP) is 4.44. The Labute approximate surface area is 228 Å². The maximum atomic E-state index is 12.3. The Balaban J connectivity index is 1.51. The molecule has 11 nitrogen and oxygen atoms in total. The molecule has 0 aliphatic rings. The van der Waals surface area contributed by atoms with Crippen molar-refractivity contribution < 1.29 is 23.8 Å². The van der Waals surface area contributed by atoms with E-state index in [1.165, 1.54) is 20.4 Å². The number of nitrogens with two attached hydrogens (primary N) is 2. The molecule has 0 spiro atoms. The molecule has 2 amide bonds. The maximum Gasteiger partial charge on any atom is 0.319 e. The van der Waals surface area contributed by atoms with Crippen molar-refractivity contribution in [2.24, 2.45) is 11.5 Å². The lowest BCUT2D eigenvalue weighted by Gasteiger charge is -2.15. The number of aromatic nitrogens is 3. The summed E-state index contributed by atoms with van der Waals surface area (Å²) in [6.45, 7) is 0. The van der Waals surface area contributed by atoms with Crippen LogP contribution in [0, 0.1) is 0 Å². The Kier molecular flexibility index (Phi) is 7.10. The Hall–Kier alpha value is -5.71. The van der Waals surface area contributed by atoms with E-state index >= 15 is 0 Å². The topological polar surface area (TPSA) is 165 Å². The van der Waals surface area contributed by atoms with Crippen LogP contribution in [-0.2, 0) is 0 Å². The van der Waals surface area contributed by atoms with Gasteiger partial charge in [0.2, 0.25) is 11.8 Å². The maximum absolute atomic E-state index is 12.3. The first-order chi connectivity index (χ1) is 19.4. The van der Waals surface area contributed by atoms with Gasteiger partial charge in [-0.1, -0.05) is 24.3 Å². The molecule has 40 heavy (non-hydrogen) atoms. The summed E-state index contributed by atoms with van der Waals surface area (Å²) in [7, 11) is 2.99. The molecule has 2 aromatic heterocycles. The SMILES string of the molecule is COc1ncc(-c2ccc3c(Nc4cccc(Oc5cccc(C(N)=O)c5)c4)c(C(N)=O)cnc3c2)c(OC)n1. The zero-order valence-corrected chi connectivity index (χ0v) is 21.5. The first-order valence-electron chi connectivity index (χ1n) is 12.0. The third-order valence-corrected chi connectivity index (χ3v) is 6.01. The second-order valence-electron chi connectivity index (χ2n) is 8.57. The highest BCUT2D eigenvalue weighted by atomic mass is 16.5. The van der Waals surface area contributed by atoms with E-state index in [0.717, 1.165) is 5.56 Å². The van der Waals surface area contributed by atoms with E-state index in [2.05, 4.69) is 20.3 Å². The molecule has 0 radical (unpaired) electrons. The molecule has 11 heteroatoms. The lowest BCUT2D eigenvalue weighted by atomic mass is 10.0. The summed E-state index contributed by atoms with van der Waals surface area (Å²) in [5.74, 6) is 0.106. The van der Waals surface area contributed by atoms with Crippen LogP contribution in [0.3, 0.4) is 0 Å². The average Bonchev–Trinajstić information content (AvgIpc) is 2.96. The number of anilines is 2. The first-order valence-corrected chi connectivity index (χ1v) is 12.0. The highest BCUT2D eigenvalue weighted by molar-refractivity contribution is 6.08. The van der Waals surface area contributed by atoms with Crippen LogP contribution >= 0.6 is 0 Å². The van der Waals surface area contributed by atoms with Gasteiger partial charge in [-0.3, -0.25) is 14.6 Å². The number of amides is 2. The quantitative estimate of drug-likeness (QED) is 0.247. The third-order valence-electron chi connectivity index (χ3n) is 6.01. The number of ether oxygens (including phenoxy) is 3. The fraction of sp³-hybridized carbons (Fsp3) is 0.0690. The smallest absolute Gasteiger partial charge is 0.319 e. The summed E-state index contributed by atoms with van der Waals surface area (Å²) in [6.07, 6.45) is 3.03. The summed E-state index contributed by atoms with van der Waals surface area (Å²) in [5.41, 5.74) is 14.7. The van der Waals surface area contributed by atoms with Gasteiger partial charge in [-0.25, -0.2) is 4.98 Å². The fourth-order valence-corrected chi connectivity index (χ4v) is 4.12. The molecular formula is C29H24N6O5. The molecule has 0 saturated carbocycles. The van der Waals surface area contributed by atoms with Crippen LogP contribution in [0.25, 0.3) is 22.0 Å². The van der Waals surface area contributed by atoms with Crippen molar-refractivity contribution in [2.75, 3.05) is 19.5 Å². The summed E-state index contributed by atoms with van der Waals surface area (Å²) in [4.78, 5) is 36.7. The number of carbonyl (C=O) groups excluding carboxylic acids is 2. The molecule has 0 saturated heterocycles. The van der Waals surface area contributed by atoms with Crippen LogP contribution in [0.2, 0.25) is 0 Å². The zero-order valence-electron chi connectivity index (χ0n) is 21.5. The minimum atomic E-state index is -0.637. The van der Waals surface area contributed by atoms with Crippen molar-refractivity contribution in [1.82, 2.24) is 15.0 Å². The standard InChI is InChI=1S/C29H24N6O5/c1-38-28-22(14-33-29(35-28)39-2)16-9-10-21-24(12-16)32-15-23(27(31)37)25(21)34-18-6-4-8-20(13-18)40-19-7-3-5-17(11-19)26(30)36/h3-15H,1-2H3,(H2,30,36)(H2,31,37)(H,32,34). The number of benzene rings is 3. The van der Waals surface area contributed by atoms with Gasteiger partial charge in [-0.15, -0.1) is 0 Å². The molecule has 5 N–H and O–H groups in total. The minimum Gasteiger partial charge on any atom is -0.480 e. The number of nitrogens with one attached hydrogen (secondary N) is 1. The summed E-state index contributed by atoms with van der Waals surface area (Å²) >= 11 is 0. The number of primary amides is 2. The highest BCUT2D eigenvalue weighted by Crippen LogP contribution is 2.35. The monoisotopic (exact) mass is 536 g/mol. The zero-order chi connectivity index (χ0) is 28.2. The van der Waals surface area contributed by atoms with Gasteiger partial charge in [0, 0.05) is 35.1 Å². The van der Waals surface area contributed by atoms with Crippen molar-refractivity contribution in [3.05, 3.63) is 90.3 Å². The van der Waals surface area contributed by atoms with Crippen LogP contribution in [0.4, 0.5) is 11.4 Å². The van der Waals surface area contributed by atoms with Gasteiger partial charge in [-0.05, 0) is 42.0 Å². The number of hydrogen-bond donors (Lipinski definition) is 3. The number of nitrogens with zero attached hydrogens (tertiary/aromatic N) is 3. The Morgan fingerprint density at radius 3 is 2.33 bits per heavy atom. The number of carbonyl (C=O) groups is 2. The molecule has 5 aromatic rings. The number of pyridine rings is 1. The third kappa shape index (κ3) is 5.29. The lowest BCUT2D eigenvalue weighted by molar-refractivity contribution is 0.0992. The van der Waals surface area contributed by atoms with Gasteiger partial charge in [0.25, 0.3) is 5.91 Å². The molecule has 0 unspecified atom stereocenters. The molecule has 0 aliphatic carbocycles. The highest BCUT2D eigenvalue weighted by Gasteiger charge is 2.17. The van der Waals surface area contributed by atoms with E-state index in [1.807, 2.05) is 24.3 Å². The van der Waals surface area contributed by atoms with Crippen molar-refractivity contribution in [1.29, 1.82) is 0 Å². The lowest BCUT2D eigenvalue weighted by Crippen LogP contribution is -2.14. The van der Waals surface area contributed by atoms with Gasteiger partial charge in [0.05, 0.1) is 36.6 Å². The largest absolute Gasteiger partial charge is 0.480 e. The Morgan fingerprint density at radius 1 is 0.825 bits per heavy atom. The normalized spacial score (nSPS) is 10.7. The first kappa shape index (κ1) is 25.9. The molecule has 2 heterocycles. The van der Waals surface area contributed by atoms with Gasteiger partial charge < -0.3 is 31.0 Å². The number of methoxy groups -OCH3 is 2. The minimum absolute atomic E-state index is 0.184. The Bertz CT molecular complexity index is 1760. The Morgan fingerprint density at radius 2 is 1.60 bits per heavy atom. The van der Waals surface area contributed by atoms with Crippen LogP contribution < -0.4 is 31.0 Å².